The Morgan fingerprint density at radius 1 is 1.28 bits per heavy atom. The molecule has 4 heteroatoms. The van der Waals surface area contributed by atoms with Crippen molar-refractivity contribution in [2.24, 2.45) is 0 Å². The molecule has 1 rings (SSSR count). The van der Waals surface area contributed by atoms with Gasteiger partial charge in [0.1, 0.15) is 11.5 Å². The number of methoxy groups -OCH3 is 2. The van der Waals surface area contributed by atoms with Crippen LogP contribution in [-0.4, -0.2) is 38.6 Å². The van der Waals surface area contributed by atoms with Crippen LogP contribution in [0.3, 0.4) is 0 Å². The lowest BCUT2D eigenvalue weighted by atomic mass is 10.1. The third-order valence-corrected chi connectivity index (χ3v) is 2.83. The smallest absolute Gasteiger partial charge is 0.257 e. The van der Waals surface area contributed by atoms with Crippen LogP contribution in [0.4, 0.5) is 0 Å². The summed E-state index contributed by atoms with van der Waals surface area (Å²) in [6.45, 7) is 2.85. The summed E-state index contributed by atoms with van der Waals surface area (Å²) in [4.78, 5) is 14.0. The summed E-state index contributed by atoms with van der Waals surface area (Å²) in [6.07, 6.45) is 2.06. The summed E-state index contributed by atoms with van der Waals surface area (Å²) in [5.41, 5.74) is 0.537. The molecule has 0 heterocycles. The number of rotatable bonds is 6. The first-order valence-electron chi connectivity index (χ1n) is 6.11. The van der Waals surface area contributed by atoms with Gasteiger partial charge in [-0.1, -0.05) is 13.3 Å². The molecule has 0 saturated heterocycles. The summed E-state index contributed by atoms with van der Waals surface area (Å²) in [5, 5.41) is 0. The van der Waals surface area contributed by atoms with E-state index in [2.05, 4.69) is 6.92 Å². The Labute approximate surface area is 108 Å². The van der Waals surface area contributed by atoms with Crippen molar-refractivity contribution in [2.75, 3.05) is 27.8 Å². The number of ether oxygens (including phenoxy) is 2. The Balaban J connectivity index is 2.95. The minimum Gasteiger partial charge on any atom is -0.497 e. The van der Waals surface area contributed by atoms with E-state index in [1.165, 1.54) is 0 Å². The zero-order chi connectivity index (χ0) is 13.5. The fourth-order valence-electron chi connectivity index (χ4n) is 1.68. The molecule has 1 amide bonds. The Hall–Kier alpha value is -1.71. The predicted octanol–water partition coefficient (Wildman–Crippen LogP) is 2.58. The molecule has 0 aliphatic carbocycles. The highest BCUT2D eigenvalue weighted by Gasteiger charge is 2.17. The molecule has 0 bridgehead atoms. The van der Waals surface area contributed by atoms with Crippen LogP contribution in [0.15, 0.2) is 18.2 Å². The van der Waals surface area contributed by atoms with Crippen molar-refractivity contribution in [1.29, 1.82) is 0 Å². The molecule has 0 saturated carbocycles. The highest BCUT2D eigenvalue weighted by Crippen LogP contribution is 2.25. The number of hydrogen-bond donors (Lipinski definition) is 0. The molecule has 0 aliphatic rings. The van der Waals surface area contributed by atoms with Gasteiger partial charge in [-0.2, -0.15) is 0 Å². The van der Waals surface area contributed by atoms with Gasteiger partial charge >= 0.3 is 0 Å². The van der Waals surface area contributed by atoms with Crippen LogP contribution in [0.1, 0.15) is 30.1 Å². The van der Waals surface area contributed by atoms with E-state index in [1.54, 1.807) is 44.4 Å². The number of nitrogens with zero attached hydrogens (tertiary/aromatic N) is 1. The Morgan fingerprint density at radius 3 is 2.56 bits per heavy atom. The van der Waals surface area contributed by atoms with Crippen molar-refractivity contribution in [1.82, 2.24) is 4.90 Å². The zero-order valence-corrected chi connectivity index (χ0v) is 11.5. The minimum absolute atomic E-state index is 0.0424. The fourth-order valence-corrected chi connectivity index (χ4v) is 1.68. The van der Waals surface area contributed by atoms with Crippen LogP contribution in [0.2, 0.25) is 0 Å². The molecule has 4 nitrogen and oxygen atoms in total. The first-order chi connectivity index (χ1) is 8.63. The number of benzene rings is 1. The number of carbonyl (C=O) groups is 1. The van der Waals surface area contributed by atoms with Gasteiger partial charge in [-0.25, -0.2) is 0 Å². The maximum absolute atomic E-state index is 12.3. The normalized spacial score (nSPS) is 10.0. The van der Waals surface area contributed by atoms with Crippen molar-refractivity contribution >= 4 is 5.91 Å². The monoisotopic (exact) mass is 251 g/mol. The minimum atomic E-state index is -0.0424. The van der Waals surface area contributed by atoms with Crippen LogP contribution in [0, 0.1) is 0 Å². The fraction of sp³-hybridized carbons (Fsp3) is 0.500. The van der Waals surface area contributed by atoms with E-state index < -0.39 is 0 Å². The zero-order valence-electron chi connectivity index (χ0n) is 11.5. The third kappa shape index (κ3) is 3.39. The predicted molar refractivity (Wildman–Crippen MR) is 71.4 cm³/mol. The summed E-state index contributed by atoms with van der Waals surface area (Å²) in [5.74, 6) is 1.19. The van der Waals surface area contributed by atoms with Gasteiger partial charge in [-0.05, 0) is 24.6 Å². The third-order valence-electron chi connectivity index (χ3n) is 2.83. The van der Waals surface area contributed by atoms with Gasteiger partial charge in [0, 0.05) is 13.6 Å². The first-order valence-corrected chi connectivity index (χ1v) is 6.11. The quantitative estimate of drug-likeness (QED) is 0.780. The molecule has 0 radical (unpaired) electrons. The largest absolute Gasteiger partial charge is 0.497 e. The Bertz CT molecular complexity index is 404. The van der Waals surface area contributed by atoms with Crippen LogP contribution >= 0.6 is 0 Å². The van der Waals surface area contributed by atoms with E-state index in [1.807, 2.05) is 0 Å². The van der Waals surface area contributed by atoms with Gasteiger partial charge in [-0.3, -0.25) is 4.79 Å². The lowest BCUT2D eigenvalue weighted by Gasteiger charge is -2.18. The van der Waals surface area contributed by atoms with Crippen molar-refractivity contribution < 1.29 is 14.3 Å². The van der Waals surface area contributed by atoms with Gasteiger partial charge in [-0.15, -0.1) is 0 Å². The van der Waals surface area contributed by atoms with E-state index in [-0.39, 0.29) is 5.91 Å². The number of unbranched alkanes of at least 4 members (excludes halogenated alkanes) is 1. The Morgan fingerprint density at radius 2 is 2.00 bits per heavy atom. The summed E-state index contributed by atoms with van der Waals surface area (Å²) >= 11 is 0. The van der Waals surface area contributed by atoms with Gasteiger partial charge < -0.3 is 14.4 Å². The van der Waals surface area contributed by atoms with Gasteiger partial charge in [0.05, 0.1) is 19.8 Å². The lowest BCUT2D eigenvalue weighted by molar-refractivity contribution is 0.0789. The molecule has 0 spiro atoms. The van der Waals surface area contributed by atoms with E-state index in [0.29, 0.717) is 17.1 Å². The van der Waals surface area contributed by atoms with Crippen molar-refractivity contribution in [3.63, 3.8) is 0 Å². The molecule has 0 atom stereocenters. The van der Waals surface area contributed by atoms with Crippen LogP contribution < -0.4 is 9.47 Å². The standard InChI is InChI=1S/C14H21NO3/c1-5-6-9-15(2)14(16)12-10-11(17-3)7-8-13(12)18-4/h7-8,10H,5-6,9H2,1-4H3. The molecule has 100 valence electrons. The molecule has 0 unspecified atom stereocenters. The summed E-state index contributed by atoms with van der Waals surface area (Å²) in [7, 11) is 4.94. The van der Waals surface area contributed by atoms with Crippen LogP contribution in [0.5, 0.6) is 11.5 Å². The number of hydrogen-bond acceptors (Lipinski definition) is 3. The SMILES string of the molecule is CCCCN(C)C(=O)c1cc(OC)ccc1OC. The number of carbonyl (C=O) groups excluding carboxylic acids is 1. The molecule has 0 aliphatic heterocycles. The van der Waals surface area contributed by atoms with Crippen LogP contribution in [0.25, 0.3) is 0 Å². The highest BCUT2D eigenvalue weighted by molar-refractivity contribution is 5.97. The molecule has 18 heavy (non-hydrogen) atoms. The molecule has 1 aromatic rings. The highest BCUT2D eigenvalue weighted by atomic mass is 16.5. The molecule has 1 aromatic carbocycles. The van der Waals surface area contributed by atoms with Crippen molar-refractivity contribution in [3.05, 3.63) is 23.8 Å². The molecular weight excluding hydrogens is 230 g/mol. The van der Waals surface area contributed by atoms with Gasteiger partial charge in [0.25, 0.3) is 5.91 Å². The average molecular weight is 251 g/mol. The Kier molecular flexibility index (Phi) is 5.49. The molecule has 0 N–H and O–H groups in total. The van der Waals surface area contributed by atoms with Crippen molar-refractivity contribution in [2.45, 2.75) is 19.8 Å². The second-order valence-corrected chi connectivity index (χ2v) is 4.15. The van der Waals surface area contributed by atoms with E-state index in [0.717, 1.165) is 19.4 Å². The molecule has 0 fully saturated rings. The summed E-state index contributed by atoms with van der Waals surface area (Å²) in [6, 6.07) is 5.24. The number of amides is 1. The molecular formula is C14H21NO3. The first kappa shape index (κ1) is 14.4. The molecule has 0 aromatic heterocycles. The maximum Gasteiger partial charge on any atom is 0.257 e. The summed E-state index contributed by atoms with van der Waals surface area (Å²) < 4.78 is 10.4. The van der Waals surface area contributed by atoms with Crippen LogP contribution in [-0.2, 0) is 0 Å². The van der Waals surface area contributed by atoms with Gasteiger partial charge in [0.15, 0.2) is 0 Å². The second kappa shape index (κ2) is 6.89. The lowest BCUT2D eigenvalue weighted by Crippen LogP contribution is -2.28. The van der Waals surface area contributed by atoms with E-state index >= 15 is 0 Å². The second-order valence-electron chi connectivity index (χ2n) is 4.15. The van der Waals surface area contributed by atoms with E-state index in [9.17, 15) is 4.79 Å². The van der Waals surface area contributed by atoms with Gasteiger partial charge in [0.2, 0.25) is 0 Å². The average Bonchev–Trinajstić information content (AvgIpc) is 2.43. The maximum atomic E-state index is 12.3. The topological polar surface area (TPSA) is 38.8 Å². The van der Waals surface area contributed by atoms with Crippen molar-refractivity contribution in [3.8, 4) is 11.5 Å². The van der Waals surface area contributed by atoms with E-state index in [4.69, 9.17) is 9.47 Å².